The molecule has 1 aliphatic rings. The van der Waals surface area contributed by atoms with Crippen molar-refractivity contribution < 1.29 is 35.5 Å². The summed E-state index contributed by atoms with van der Waals surface area (Å²) in [5.41, 5.74) is 2.50. The summed E-state index contributed by atoms with van der Waals surface area (Å²) in [5.74, 6) is -0.671. The third-order valence-electron chi connectivity index (χ3n) is 5.09. The summed E-state index contributed by atoms with van der Waals surface area (Å²) in [6.07, 6.45) is -4.41. The van der Waals surface area contributed by atoms with Crippen LogP contribution in [0.25, 0.3) is 0 Å². The zero-order valence-electron chi connectivity index (χ0n) is 17.7. The molecule has 0 aliphatic carbocycles. The van der Waals surface area contributed by atoms with Crippen molar-refractivity contribution in [1.82, 2.24) is 0 Å². The maximum atomic E-state index is 14.2. The van der Waals surface area contributed by atoms with E-state index in [1.54, 1.807) is 24.3 Å². The number of fused-ring (bicyclic) bond motifs is 1. The number of benzene rings is 3. The van der Waals surface area contributed by atoms with Gasteiger partial charge in [-0.1, -0.05) is 18.2 Å². The van der Waals surface area contributed by atoms with Gasteiger partial charge in [0.2, 0.25) is 0 Å². The van der Waals surface area contributed by atoms with Crippen molar-refractivity contribution in [3.05, 3.63) is 83.2 Å². The monoisotopic (exact) mass is 494 g/mol. The first-order valence-corrected chi connectivity index (χ1v) is 11.4. The fourth-order valence-electron chi connectivity index (χ4n) is 3.59. The molecule has 0 amide bonds. The Balaban J connectivity index is 1.61. The van der Waals surface area contributed by atoms with Crippen LogP contribution >= 0.6 is 0 Å². The molecule has 0 saturated heterocycles. The van der Waals surface area contributed by atoms with Crippen LogP contribution in [-0.4, -0.2) is 34.1 Å². The molecule has 34 heavy (non-hydrogen) atoms. The number of alkyl halides is 3. The number of ether oxygens (including phenoxy) is 2. The molecule has 0 atom stereocenters. The van der Waals surface area contributed by atoms with Gasteiger partial charge in [0.1, 0.15) is 17.3 Å². The molecule has 1 N–H and O–H groups in total. The fourth-order valence-corrected chi connectivity index (χ4v) is 4.66. The largest absolute Gasteiger partial charge is 0.573 e. The van der Waals surface area contributed by atoms with Crippen LogP contribution in [0, 0.1) is 5.82 Å². The maximum absolute atomic E-state index is 14.2. The van der Waals surface area contributed by atoms with Gasteiger partial charge in [0, 0.05) is 17.7 Å². The molecule has 0 unspecified atom stereocenters. The molecule has 3 aromatic carbocycles. The van der Waals surface area contributed by atoms with Crippen molar-refractivity contribution in [3.63, 3.8) is 0 Å². The molecular formula is C23H18F4N2O4S. The van der Waals surface area contributed by atoms with Crippen LogP contribution in [0.1, 0.15) is 16.7 Å². The van der Waals surface area contributed by atoms with Crippen molar-refractivity contribution >= 4 is 21.4 Å². The molecule has 1 heterocycles. The van der Waals surface area contributed by atoms with E-state index in [9.17, 15) is 26.0 Å². The zero-order chi connectivity index (χ0) is 24.5. The van der Waals surface area contributed by atoms with Crippen LogP contribution in [0.2, 0.25) is 0 Å². The van der Waals surface area contributed by atoms with Crippen LogP contribution in [0.15, 0.2) is 70.6 Å². The Hall–Kier alpha value is -3.60. The topological polar surface area (TPSA) is 77.0 Å². The zero-order valence-corrected chi connectivity index (χ0v) is 18.5. The van der Waals surface area contributed by atoms with Crippen LogP contribution in [0.5, 0.6) is 11.5 Å². The van der Waals surface area contributed by atoms with E-state index in [0.717, 1.165) is 24.3 Å². The van der Waals surface area contributed by atoms with E-state index in [0.29, 0.717) is 35.4 Å². The molecule has 1 aliphatic heterocycles. The summed E-state index contributed by atoms with van der Waals surface area (Å²) < 4.78 is 88.2. The van der Waals surface area contributed by atoms with E-state index in [4.69, 9.17) is 4.74 Å². The van der Waals surface area contributed by atoms with E-state index in [1.165, 1.54) is 19.2 Å². The average molecular weight is 494 g/mol. The van der Waals surface area contributed by atoms with Crippen molar-refractivity contribution in [2.45, 2.75) is 17.7 Å². The van der Waals surface area contributed by atoms with E-state index in [1.807, 2.05) is 0 Å². The minimum Gasteiger partial charge on any atom is -0.495 e. The van der Waals surface area contributed by atoms with Crippen molar-refractivity contribution in [2.75, 3.05) is 18.4 Å². The number of sulfonamides is 1. The lowest BCUT2D eigenvalue weighted by Crippen LogP contribution is -2.18. The van der Waals surface area contributed by atoms with Gasteiger partial charge in [0.05, 0.1) is 23.4 Å². The van der Waals surface area contributed by atoms with E-state index >= 15 is 0 Å². The quantitative estimate of drug-likeness (QED) is 0.493. The standard InChI is InChI=1S/C23H18F4N2O4S/c1-32-21-13-14(22-18-3-2-4-19(24)17(18)11-12-28-22)5-10-20(21)29-34(30,31)16-8-6-15(7-9-16)33-23(25,26)27/h2-10,13,29H,11-12H2,1H3. The lowest BCUT2D eigenvalue weighted by molar-refractivity contribution is -0.274. The van der Waals surface area contributed by atoms with Crippen molar-refractivity contribution in [1.29, 1.82) is 0 Å². The predicted octanol–water partition coefficient (Wildman–Crippen LogP) is 4.93. The molecule has 0 spiro atoms. The van der Waals surface area contributed by atoms with Crippen LogP contribution in [0.3, 0.4) is 0 Å². The molecular weight excluding hydrogens is 476 g/mol. The third-order valence-corrected chi connectivity index (χ3v) is 6.47. The van der Waals surface area contributed by atoms with Gasteiger partial charge in [-0.15, -0.1) is 13.2 Å². The molecule has 178 valence electrons. The summed E-state index contributed by atoms with van der Waals surface area (Å²) in [7, 11) is -2.79. The maximum Gasteiger partial charge on any atom is 0.573 e. The molecule has 0 aromatic heterocycles. The van der Waals surface area contributed by atoms with E-state index < -0.39 is 22.1 Å². The molecule has 11 heteroatoms. The molecule has 3 aromatic rings. The first-order chi connectivity index (χ1) is 16.1. The number of aliphatic imine (C=N–C) groups is 1. The molecule has 6 nitrogen and oxygen atoms in total. The number of nitrogens with zero attached hydrogens (tertiary/aromatic N) is 1. The van der Waals surface area contributed by atoms with Crippen LogP contribution in [-0.2, 0) is 16.4 Å². The Bertz CT molecular complexity index is 1350. The fraction of sp³-hybridized carbons (Fsp3) is 0.174. The average Bonchev–Trinajstić information content (AvgIpc) is 2.78. The Labute approximate surface area is 192 Å². The summed E-state index contributed by atoms with van der Waals surface area (Å²) in [5, 5.41) is 0. The molecule has 4 rings (SSSR count). The smallest absolute Gasteiger partial charge is 0.495 e. The minimum absolute atomic E-state index is 0.109. The Morgan fingerprint density at radius 3 is 2.44 bits per heavy atom. The highest BCUT2D eigenvalue weighted by molar-refractivity contribution is 7.92. The highest BCUT2D eigenvalue weighted by atomic mass is 32.2. The van der Waals surface area contributed by atoms with Crippen LogP contribution in [0.4, 0.5) is 23.2 Å². The number of anilines is 1. The van der Waals surface area contributed by atoms with Gasteiger partial charge in [0.25, 0.3) is 10.0 Å². The number of nitrogens with one attached hydrogen (secondary N) is 1. The normalized spacial score (nSPS) is 13.6. The third kappa shape index (κ3) is 4.98. The Morgan fingerprint density at radius 1 is 1.03 bits per heavy atom. The lowest BCUT2D eigenvalue weighted by Gasteiger charge is -2.19. The van der Waals surface area contributed by atoms with Gasteiger partial charge in [-0.05, 0) is 54.4 Å². The lowest BCUT2D eigenvalue weighted by atomic mass is 9.93. The second-order valence-electron chi connectivity index (χ2n) is 7.29. The summed E-state index contributed by atoms with van der Waals surface area (Å²) >= 11 is 0. The second-order valence-corrected chi connectivity index (χ2v) is 8.97. The number of rotatable bonds is 6. The van der Waals surface area contributed by atoms with Gasteiger partial charge in [-0.2, -0.15) is 0 Å². The molecule has 0 bridgehead atoms. The predicted molar refractivity (Wildman–Crippen MR) is 118 cm³/mol. The Morgan fingerprint density at radius 2 is 1.76 bits per heavy atom. The van der Waals surface area contributed by atoms with Crippen molar-refractivity contribution in [2.24, 2.45) is 4.99 Å². The summed E-state index contributed by atoms with van der Waals surface area (Å²) in [4.78, 5) is 4.24. The van der Waals surface area contributed by atoms with Gasteiger partial charge >= 0.3 is 6.36 Å². The van der Waals surface area contributed by atoms with Gasteiger partial charge in [-0.3, -0.25) is 9.71 Å². The molecule has 0 saturated carbocycles. The minimum atomic E-state index is -4.89. The first kappa shape index (κ1) is 23.6. The SMILES string of the molecule is COc1cc(C2=NCCc3c(F)cccc32)ccc1NS(=O)(=O)c1ccc(OC(F)(F)F)cc1. The Kier molecular flexibility index (Phi) is 6.22. The van der Waals surface area contributed by atoms with Crippen LogP contribution < -0.4 is 14.2 Å². The first-order valence-electron chi connectivity index (χ1n) is 9.96. The summed E-state index contributed by atoms with van der Waals surface area (Å²) in [6, 6.07) is 13.2. The number of halogens is 4. The number of methoxy groups -OCH3 is 1. The van der Waals surface area contributed by atoms with E-state index in [2.05, 4.69) is 14.5 Å². The highest BCUT2D eigenvalue weighted by Crippen LogP contribution is 2.31. The van der Waals surface area contributed by atoms with Gasteiger partial charge in [-0.25, -0.2) is 12.8 Å². The molecule has 0 radical (unpaired) electrons. The number of hydrogen-bond donors (Lipinski definition) is 1. The van der Waals surface area contributed by atoms with Gasteiger partial charge in [0.15, 0.2) is 0 Å². The van der Waals surface area contributed by atoms with E-state index in [-0.39, 0.29) is 22.1 Å². The highest BCUT2D eigenvalue weighted by Gasteiger charge is 2.31. The second kappa shape index (κ2) is 8.98. The summed E-state index contributed by atoms with van der Waals surface area (Å²) in [6.45, 7) is 0.411. The molecule has 0 fully saturated rings. The van der Waals surface area contributed by atoms with Crippen molar-refractivity contribution in [3.8, 4) is 11.5 Å². The van der Waals surface area contributed by atoms with Gasteiger partial charge < -0.3 is 9.47 Å². The number of hydrogen-bond acceptors (Lipinski definition) is 5.